The number of para-hydroxylation sites is 1. The normalized spacial score (nSPS) is 14.7. The summed E-state index contributed by atoms with van der Waals surface area (Å²) in [6, 6.07) is 12.8. The Morgan fingerprint density at radius 3 is 2.50 bits per heavy atom. The van der Waals surface area contributed by atoms with Gasteiger partial charge in [0.2, 0.25) is 5.88 Å². The number of carboxylic acid groups (broad SMARTS) is 1. The summed E-state index contributed by atoms with van der Waals surface area (Å²) in [5.41, 5.74) is 0.860. The zero-order chi connectivity index (χ0) is 18.4. The molecule has 2 N–H and O–H groups in total. The SMILES string of the molecule is O=C(O)C1CCN(C(=O)NCc2ccc(Oc3ccccc3)nc2)CC1. The number of aromatic nitrogens is 1. The summed E-state index contributed by atoms with van der Waals surface area (Å²) in [6.07, 6.45) is 2.65. The predicted molar refractivity (Wildman–Crippen MR) is 94.9 cm³/mol. The lowest BCUT2D eigenvalue weighted by atomic mass is 9.97. The predicted octanol–water partition coefficient (Wildman–Crippen LogP) is 2.88. The van der Waals surface area contributed by atoms with Crippen molar-refractivity contribution >= 4 is 12.0 Å². The molecular formula is C19H21N3O4. The fourth-order valence-electron chi connectivity index (χ4n) is 2.80. The average molecular weight is 355 g/mol. The molecule has 1 fully saturated rings. The first kappa shape index (κ1) is 17.7. The van der Waals surface area contributed by atoms with Crippen molar-refractivity contribution in [1.29, 1.82) is 0 Å². The van der Waals surface area contributed by atoms with E-state index in [0.29, 0.717) is 44.1 Å². The molecule has 1 aromatic heterocycles. The van der Waals surface area contributed by atoms with Crippen LogP contribution < -0.4 is 10.1 Å². The molecule has 0 spiro atoms. The zero-order valence-corrected chi connectivity index (χ0v) is 14.3. The van der Waals surface area contributed by atoms with Crippen molar-refractivity contribution in [2.24, 2.45) is 5.92 Å². The number of hydrogen-bond donors (Lipinski definition) is 2. The molecule has 0 unspecified atom stereocenters. The Bertz CT molecular complexity index is 741. The van der Waals surface area contributed by atoms with Gasteiger partial charge in [-0.15, -0.1) is 0 Å². The molecule has 0 saturated carbocycles. The molecule has 136 valence electrons. The Morgan fingerprint density at radius 1 is 1.15 bits per heavy atom. The van der Waals surface area contributed by atoms with Crippen molar-refractivity contribution < 1.29 is 19.4 Å². The molecule has 1 aliphatic heterocycles. The van der Waals surface area contributed by atoms with Gasteiger partial charge in [-0.25, -0.2) is 9.78 Å². The van der Waals surface area contributed by atoms with Gasteiger partial charge in [0.05, 0.1) is 5.92 Å². The summed E-state index contributed by atoms with van der Waals surface area (Å²) < 4.78 is 5.63. The molecule has 3 rings (SSSR count). The molecule has 7 heteroatoms. The number of piperidine rings is 1. The summed E-state index contributed by atoms with van der Waals surface area (Å²) in [5, 5.41) is 11.8. The quantitative estimate of drug-likeness (QED) is 0.860. The minimum Gasteiger partial charge on any atom is -0.481 e. The summed E-state index contributed by atoms with van der Waals surface area (Å²) >= 11 is 0. The maximum atomic E-state index is 12.2. The van der Waals surface area contributed by atoms with Gasteiger partial charge in [0.1, 0.15) is 5.75 Å². The van der Waals surface area contributed by atoms with Crippen LogP contribution in [0.25, 0.3) is 0 Å². The highest BCUT2D eigenvalue weighted by Crippen LogP contribution is 2.19. The number of rotatable bonds is 5. The Morgan fingerprint density at radius 2 is 1.88 bits per heavy atom. The van der Waals surface area contributed by atoms with Gasteiger partial charge in [-0.05, 0) is 30.5 Å². The fraction of sp³-hybridized carbons (Fsp3) is 0.316. The second-order valence-electron chi connectivity index (χ2n) is 6.18. The van der Waals surface area contributed by atoms with E-state index < -0.39 is 5.97 Å². The number of aliphatic carboxylic acids is 1. The van der Waals surface area contributed by atoms with Crippen molar-refractivity contribution in [3.05, 3.63) is 54.2 Å². The molecule has 26 heavy (non-hydrogen) atoms. The van der Waals surface area contributed by atoms with Crippen LogP contribution in [-0.2, 0) is 11.3 Å². The lowest BCUT2D eigenvalue weighted by Gasteiger charge is -2.30. The first-order valence-corrected chi connectivity index (χ1v) is 8.55. The molecule has 0 atom stereocenters. The molecule has 2 amide bonds. The Labute approximate surface area is 151 Å². The lowest BCUT2D eigenvalue weighted by Crippen LogP contribution is -2.45. The van der Waals surface area contributed by atoms with Crippen LogP contribution in [0.4, 0.5) is 4.79 Å². The summed E-state index contributed by atoms with van der Waals surface area (Å²) in [5.74, 6) is 0.0715. The van der Waals surface area contributed by atoms with Gasteiger partial charge in [-0.1, -0.05) is 24.3 Å². The number of urea groups is 1. The van der Waals surface area contributed by atoms with Gasteiger partial charge in [0.15, 0.2) is 0 Å². The number of carbonyl (C=O) groups is 2. The van der Waals surface area contributed by atoms with Crippen molar-refractivity contribution in [3.8, 4) is 11.6 Å². The molecule has 1 aromatic carbocycles. The number of benzene rings is 1. The third-order valence-corrected chi connectivity index (χ3v) is 4.34. The highest BCUT2D eigenvalue weighted by molar-refractivity contribution is 5.75. The molecule has 2 heterocycles. The third kappa shape index (κ3) is 4.72. The molecule has 1 saturated heterocycles. The van der Waals surface area contributed by atoms with Crippen LogP contribution in [0.3, 0.4) is 0 Å². The lowest BCUT2D eigenvalue weighted by molar-refractivity contribution is -0.143. The molecule has 7 nitrogen and oxygen atoms in total. The second kappa shape index (κ2) is 8.33. The summed E-state index contributed by atoms with van der Waals surface area (Å²) in [7, 11) is 0. The molecule has 2 aromatic rings. The largest absolute Gasteiger partial charge is 0.481 e. The first-order valence-electron chi connectivity index (χ1n) is 8.55. The van der Waals surface area contributed by atoms with E-state index >= 15 is 0 Å². The molecule has 1 aliphatic rings. The van der Waals surface area contributed by atoms with E-state index in [4.69, 9.17) is 9.84 Å². The van der Waals surface area contributed by atoms with Gasteiger partial charge >= 0.3 is 12.0 Å². The first-order chi connectivity index (χ1) is 12.6. The fourth-order valence-corrected chi connectivity index (χ4v) is 2.80. The Kier molecular flexibility index (Phi) is 5.68. The maximum Gasteiger partial charge on any atom is 0.317 e. The number of carboxylic acids is 1. The number of pyridine rings is 1. The van der Waals surface area contributed by atoms with E-state index in [-0.39, 0.29) is 11.9 Å². The summed E-state index contributed by atoms with van der Waals surface area (Å²) in [4.78, 5) is 29.0. The molecule has 0 radical (unpaired) electrons. The van der Waals surface area contributed by atoms with E-state index in [1.807, 2.05) is 36.4 Å². The van der Waals surface area contributed by atoms with Gasteiger partial charge in [-0.3, -0.25) is 4.79 Å². The van der Waals surface area contributed by atoms with E-state index in [0.717, 1.165) is 5.56 Å². The smallest absolute Gasteiger partial charge is 0.317 e. The second-order valence-corrected chi connectivity index (χ2v) is 6.18. The number of amides is 2. The van der Waals surface area contributed by atoms with Crippen LogP contribution in [0, 0.1) is 5.92 Å². The van der Waals surface area contributed by atoms with Crippen LogP contribution in [0.2, 0.25) is 0 Å². The summed E-state index contributed by atoms with van der Waals surface area (Å²) in [6.45, 7) is 1.28. The van der Waals surface area contributed by atoms with Gasteiger partial charge in [0.25, 0.3) is 0 Å². The van der Waals surface area contributed by atoms with E-state index in [1.54, 1.807) is 17.2 Å². The van der Waals surface area contributed by atoms with Gasteiger partial charge in [-0.2, -0.15) is 0 Å². The standard InChI is InChI=1S/C19H21N3O4/c23-18(24)15-8-10-22(11-9-15)19(25)21-13-14-6-7-17(20-12-14)26-16-4-2-1-3-5-16/h1-7,12,15H,8-11,13H2,(H,21,25)(H,23,24). The van der Waals surface area contributed by atoms with Crippen molar-refractivity contribution in [3.63, 3.8) is 0 Å². The minimum absolute atomic E-state index is 0.182. The third-order valence-electron chi connectivity index (χ3n) is 4.34. The number of ether oxygens (including phenoxy) is 1. The zero-order valence-electron chi connectivity index (χ0n) is 14.3. The molecular weight excluding hydrogens is 334 g/mol. The number of carbonyl (C=O) groups excluding carboxylic acids is 1. The Balaban J connectivity index is 1.46. The topological polar surface area (TPSA) is 91.8 Å². The van der Waals surface area contributed by atoms with Crippen LogP contribution in [0.15, 0.2) is 48.7 Å². The highest BCUT2D eigenvalue weighted by Gasteiger charge is 2.26. The number of nitrogens with one attached hydrogen (secondary N) is 1. The van der Waals surface area contributed by atoms with Crippen LogP contribution in [0.5, 0.6) is 11.6 Å². The van der Waals surface area contributed by atoms with Gasteiger partial charge < -0.3 is 20.1 Å². The maximum absolute atomic E-state index is 12.2. The van der Waals surface area contributed by atoms with Crippen molar-refractivity contribution in [1.82, 2.24) is 15.2 Å². The number of nitrogens with zero attached hydrogens (tertiary/aromatic N) is 2. The van der Waals surface area contributed by atoms with Crippen LogP contribution in [-0.4, -0.2) is 40.1 Å². The van der Waals surface area contributed by atoms with Crippen molar-refractivity contribution in [2.75, 3.05) is 13.1 Å². The molecule has 0 bridgehead atoms. The number of hydrogen-bond acceptors (Lipinski definition) is 4. The Hall–Kier alpha value is -3.09. The minimum atomic E-state index is -0.783. The van der Waals surface area contributed by atoms with Crippen LogP contribution in [0.1, 0.15) is 18.4 Å². The van der Waals surface area contributed by atoms with E-state index in [2.05, 4.69) is 10.3 Å². The molecule has 0 aliphatic carbocycles. The van der Waals surface area contributed by atoms with Crippen molar-refractivity contribution in [2.45, 2.75) is 19.4 Å². The van der Waals surface area contributed by atoms with Gasteiger partial charge in [0, 0.05) is 31.9 Å². The van der Waals surface area contributed by atoms with E-state index in [9.17, 15) is 9.59 Å². The van der Waals surface area contributed by atoms with Crippen LogP contribution >= 0.6 is 0 Å². The number of likely N-dealkylation sites (tertiary alicyclic amines) is 1. The van der Waals surface area contributed by atoms with E-state index in [1.165, 1.54) is 0 Å². The monoisotopic (exact) mass is 355 g/mol. The highest BCUT2D eigenvalue weighted by atomic mass is 16.5. The average Bonchev–Trinajstić information content (AvgIpc) is 2.68.